The summed E-state index contributed by atoms with van der Waals surface area (Å²) in [6.45, 7) is 7.44. The predicted octanol–water partition coefficient (Wildman–Crippen LogP) is 19.1. The van der Waals surface area contributed by atoms with Gasteiger partial charge in [-0.15, -0.1) is 29.7 Å². The normalized spacial score (nSPS) is 14.3. The van der Waals surface area contributed by atoms with Gasteiger partial charge in [-0.05, 0) is 149 Å². The van der Waals surface area contributed by atoms with Crippen molar-refractivity contribution in [2.75, 3.05) is 0 Å². The minimum absolute atomic E-state index is 0. The number of imidazole rings is 1. The van der Waals surface area contributed by atoms with E-state index >= 15 is 0 Å². The average Bonchev–Trinajstić information content (AvgIpc) is 1.63. The quantitative estimate of drug-likeness (QED) is 0.118. The minimum Gasteiger partial charge on any atom is -0.510 e. The van der Waals surface area contributed by atoms with Gasteiger partial charge in [0.05, 0.1) is 23.6 Å². The second-order valence-corrected chi connectivity index (χ2v) is 22.8. The van der Waals surface area contributed by atoms with Crippen LogP contribution in [0.15, 0.2) is 218 Å². The van der Waals surface area contributed by atoms with E-state index in [9.17, 15) is 2.74 Å². The van der Waals surface area contributed by atoms with Crippen LogP contribution in [0.3, 0.4) is 0 Å². The Morgan fingerprint density at radius 1 is 0.512 bits per heavy atom. The van der Waals surface area contributed by atoms with Gasteiger partial charge in [0.25, 0.3) is 6.33 Å². The fraction of sp³-hybridized carbons (Fsp3) is 0.132. The van der Waals surface area contributed by atoms with Crippen LogP contribution in [0.4, 0.5) is 0 Å². The van der Waals surface area contributed by atoms with Crippen molar-refractivity contribution in [3.63, 3.8) is 0 Å². The van der Waals surface area contributed by atoms with Gasteiger partial charge in [-0.3, -0.25) is 4.57 Å². The number of aryl methyl sites for hydroxylation is 2. The Hall–Kier alpha value is -8.89. The van der Waals surface area contributed by atoms with Gasteiger partial charge in [-0.1, -0.05) is 205 Å². The molecule has 0 spiro atoms. The van der Waals surface area contributed by atoms with E-state index in [1.807, 2.05) is 100 Å². The zero-order chi connectivity index (χ0) is 64.7. The van der Waals surface area contributed by atoms with Crippen LogP contribution in [-0.2, 0) is 31.9 Å². The maximum atomic E-state index is 9.41. The van der Waals surface area contributed by atoms with Crippen molar-refractivity contribution < 1.29 is 45.4 Å². The van der Waals surface area contributed by atoms with Gasteiger partial charge < -0.3 is 13.9 Å². The predicted molar refractivity (Wildman–Crippen MR) is 333 cm³/mol. The van der Waals surface area contributed by atoms with Crippen molar-refractivity contribution in [2.24, 2.45) is 0 Å². The fourth-order valence-corrected chi connectivity index (χ4v) is 11.7. The Morgan fingerprint density at radius 2 is 1.18 bits per heavy atom. The van der Waals surface area contributed by atoms with Crippen molar-refractivity contribution in [3.8, 4) is 95.5 Å². The van der Waals surface area contributed by atoms with Crippen molar-refractivity contribution in [1.29, 1.82) is 0 Å². The van der Waals surface area contributed by atoms with Gasteiger partial charge in [0.2, 0.25) is 0 Å². The van der Waals surface area contributed by atoms with E-state index in [0.29, 0.717) is 72.9 Å². The monoisotopic (exact) mass is 1250 g/mol. The van der Waals surface area contributed by atoms with E-state index in [1.54, 1.807) is 24.3 Å². The molecule has 13 aromatic rings. The van der Waals surface area contributed by atoms with Crippen LogP contribution < -0.4 is 9.30 Å². The van der Waals surface area contributed by atoms with Crippen molar-refractivity contribution in [2.45, 2.75) is 66.1 Å². The first-order chi connectivity index (χ1) is 43.8. The Kier molecular flexibility index (Phi) is 10.2. The molecule has 0 bridgehead atoms. The molecule has 3 aromatic heterocycles. The van der Waals surface area contributed by atoms with Crippen LogP contribution >= 0.6 is 0 Å². The Morgan fingerprint density at radius 3 is 1.95 bits per heavy atom. The molecule has 0 saturated carbocycles. The molecular formula is C76H60N4OPt-2. The summed E-state index contributed by atoms with van der Waals surface area (Å²) in [5.41, 5.74) is 11.4. The van der Waals surface area contributed by atoms with Crippen LogP contribution in [-0.4, -0.2) is 14.1 Å². The number of hydrogen-bond acceptors (Lipinski definition) is 2. The summed E-state index contributed by atoms with van der Waals surface area (Å²) in [6, 6.07) is 62.4. The van der Waals surface area contributed by atoms with Crippen LogP contribution in [0.1, 0.15) is 78.9 Å². The van der Waals surface area contributed by atoms with Crippen molar-refractivity contribution in [3.05, 3.63) is 259 Å². The first kappa shape index (κ1) is 41.2. The Balaban J connectivity index is 0.00000787. The van der Waals surface area contributed by atoms with Gasteiger partial charge in [0, 0.05) is 52.5 Å². The number of ether oxygens (including phenoxy) is 1. The Labute approximate surface area is 510 Å². The number of fused-ring (bicyclic) bond motifs is 10. The molecule has 0 radical (unpaired) electrons. The second kappa shape index (κ2) is 20.3. The molecule has 0 atom stereocenters. The average molecular weight is 1250 g/mol. The molecule has 0 fully saturated rings. The molecule has 0 amide bonds. The van der Waals surface area contributed by atoms with Crippen LogP contribution in [0.2, 0.25) is 0 Å². The van der Waals surface area contributed by atoms with Crippen LogP contribution in [0, 0.1) is 32.2 Å². The summed E-state index contributed by atoms with van der Waals surface area (Å²) in [5.74, 6) is 1.54. The van der Waals surface area contributed by atoms with Crippen molar-refractivity contribution in [1.82, 2.24) is 14.1 Å². The summed E-state index contributed by atoms with van der Waals surface area (Å²) in [7, 11) is 0. The van der Waals surface area contributed by atoms with Gasteiger partial charge in [0.1, 0.15) is 5.82 Å². The number of benzene rings is 10. The molecular weight excluding hydrogens is 1180 g/mol. The van der Waals surface area contributed by atoms with Gasteiger partial charge in [-0.2, -0.15) is 18.2 Å². The topological polar surface area (TPSA) is 35.9 Å². The molecule has 14 rings (SSSR count). The molecule has 0 unspecified atom stereocenters. The first-order valence-corrected chi connectivity index (χ1v) is 27.1. The standard InChI is InChI=1S/C76H60N4O.Pt/c1-48-20-16-21-49(2)71(48)65-32-19-31-64-63-30-18-29-58(51-22-10-9-11-23-51)72(63)62-28-13-12-26-59(62)66-42-52(50-34-36-53(37-35-50)75(3,4)5)43-69-74(66)79(73(64)65)47-78(69)55-24-17-25-56(45-55)81-57-38-39-61-60-27-14-15-33-67(60)80(68(61)46-57)70-44-54(40-41-77-70)76(6,7)8;/h9-44H,1-8H3;/q-2;/i1D3,2D3,9D,10D,11D,22D,23D;. The van der Waals surface area contributed by atoms with Crippen molar-refractivity contribution >= 4 is 32.8 Å². The molecule has 1 aliphatic heterocycles. The largest absolute Gasteiger partial charge is 0.510 e. The van der Waals surface area contributed by atoms with Crippen LogP contribution in [0.5, 0.6) is 11.5 Å². The third-order valence-electron chi connectivity index (χ3n) is 15.7. The second-order valence-electron chi connectivity index (χ2n) is 22.8. The number of pyridine rings is 1. The summed E-state index contributed by atoms with van der Waals surface area (Å²) < 4.78 is 112. The molecule has 5 nitrogen and oxygen atoms in total. The number of hydrogen-bond donors (Lipinski definition) is 0. The minimum atomic E-state index is -2.80. The smallest absolute Gasteiger partial charge is 0.268 e. The fourth-order valence-electron chi connectivity index (χ4n) is 11.7. The molecule has 1 aliphatic rings. The Bertz CT molecular complexity index is 5140. The van der Waals surface area contributed by atoms with E-state index in [1.165, 1.54) is 18.2 Å². The summed E-state index contributed by atoms with van der Waals surface area (Å²) in [6.07, 6.45) is 5.61. The van der Waals surface area contributed by atoms with Gasteiger partial charge >= 0.3 is 0 Å². The van der Waals surface area contributed by atoms with Crippen LogP contribution in [0.25, 0.3) is 117 Å². The summed E-state index contributed by atoms with van der Waals surface area (Å²) in [4.78, 5) is 4.88. The van der Waals surface area contributed by atoms with Gasteiger partial charge in [0.15, 0.2) is 0 Å². The van der Waals surface area contributed by atoms with E-state index in [0.717, 1.165) is 49.9 Å². The molecule has 6 heteroatoms. The van der Waals surface area contributed by atoms with E-state index in [2.05, 4.69) is 119 Å². The maximum Gasteiger partial charge on any atom is 0.268 e. The number of para-hydroxylation sites is 2. The van der Waals surface area contributed by atoms with E-state index in [4.69, 9.17) is 22.1 Å². The number of aromatic nitrogens is 4. The molecule has 10 aromatic carbocycles. The summed E-state index contributed by atoms with van der Waals surface area (Å²) in [5, 5.41) is 2.01. The first-order valence-electron chi connectivity index (χ1n) is 32.6. The molecule has 0 saturated heterocycles. The van der Waals surface area contributed by atoms with E-state index in [-0.39, 0.29) is 59.7 Å². The molecule has 0 N–H and O–H groups in total. The molecule has 0 aliphatic carbocycles. The zero-order valence-corrected chi connectivity index (χ0v) is 48.2. The number of nitrogens with zero attached hydrogens (tertiary/aromatic N) is 4. The molecule has 402 valence electrons. The number of rotatable bonds is 7. The van der Waals surface area contributed by atoms with E-state index < -0.39 is 43.9 Å². The zero-order valence-electron chi connectivity index (χ0n) is 56.9. The SMILES string of the molecule is [2H]c1c([2H])c([2H])c(-c2cccc3c2-c2ccccc2-c2cc(-c4ccc(C(C)(C)C)cc4)cc4c2[n+]([c-]n4-c2[c-]c(Oc4[c-]c5c(cc4)c4ccccc4n5-c4cc(C(C)(C)C)ccn4)ccc2)-c2c-3cccc2-c2c(C([2H])([2H])[2H])cccc2C([2H])([2H])[2H])c([2H])c1[2H].[Pt]. The third kappa shape index (κ3) is 8.91. The molecule has 82 heavy (non-hydrogen) atoms. The van der Waals surface area contributed by atoms with Gasteiger partial charge in [-0.25, -0.2) is 4.98 Å². The maximum absolute atomic E-state index is 9.41. The third-order valence-corrected chi connectivity index (χ3v) is 15.7. The summed E-state index contributed by atoms with van der Waals surface area (Å²) >= 11 is 0. The molecule has 4 heterocycles.